The molecule has 19 heavy (non-hydrogen) atoms. The van der Waals surface area contributed by atoms with E-state index in [9.17, 15) is 19.4 Å². The van der Waals surface area contributed by atoms with Gasteiger partial charge < -0.3 is 20.7 Å². The van der Waals surface area contributed by atoms with Gasteiger partial charge in [0.2, 0.25) is 0 Å². The number of ether oxygens (including phenoxy) is 1. The van der Waals surface area contributed by atoms with Gasteiger partial charge in [-0.15, -0.1) is 0 Å². The van der Waals surface area contributed by atoms with Crippen LogP contribution in [-0.4, -0.2) is 28.9 Å². The fourth-order valence-corrected chi connectivity index (χ4v) is 1.64. The molecule has 0 aliphatic rings. The van der Waals surface area contributed by atoms with Gasteiger partial charge in [-0.3, -0.25) is 4.79 Å². The van der Waals surface area contributed by atoms with Crippen LogP contribution in [0, 0.1) is 12.7 Å². The van der Waals surface area contributed by atoms with E-state index in [1.165, 1.54) is 12.1 Å². The van der Waals surface area contributed by atoms with E-state index in [2.05, 4.69) is 4.74 Å². The largest absolute Gasteiger partial charge is 0.466 e. The average Bonchev–Trinajstić information content (AvgIpc) is 2.33. The summed E-state index contributed by atoms with van der Waals surface area (Å²) in [6, 6.07) is 2.43. The molecule has 1 aromatic rings. The molecular weight excluding hydrogens is 253 g/mol. The SMILES string of the molecule is CCOC(=O)CC(O)C(O)c1cc(N)c(C)cc1F. The molecule has 0 amide bonds. The van der Waals surface area contributed by atoms with Crippen LogP contribution in [0.3, 0.4) is 0 Å². The van der Waals surface area contributed by atoms with Crippen LogP contribution in [0.5, 0.6) is 0 Å². The van der Waals surface area contributed by atoms with Gasteiger partial charge in [0, 0.05) is 11.3 Å². The number of esters is 1. The first-order chi connectivity index (χ1) is 8.86. The maximum atomic E-state index is 13.7. The first kappa shape index (κ1) is 15.4. The van der Waals surface area contributed by atoms with E-state index in [0.29, 0.717) is 11.3 Å². The van der Waals surface area contributed by atoms with Crippen LogP contribution in [0.1, 0.15) is 30.6 Å². The van der Waals surface area contributed by atoms with Crippen LogP contribution in [0.2, 0.25) is 0 Å². The van der Waals surface area contributed by atoms with Gasteiger partial charge in [-0.2, -0.15) is 0 Å². The van der Waals surface area contributed by atoms with Gasteiger partial charge in [-0.05, 0) is 31.5 Å². The molecule has 2 atom stereocenters. The second-order valence-corrected chi connectivity index (χ2v) is 4.25. The van der Waals surface area contributed by atoms with E-state index in [1.54, 1.807) is 13.8 Å². The summed E-state index contributed by atoms with van der Waals surface area (Å²) in [6.07, 6.45) is -3.40. The van der Waals surface area contributed by atoms with Crippen LogP contribution < -0.4 is 5.73 Å². The number of carbonyl (C=O) groups is 1. The summed E-state index contributed by atoms with van der Waals surface area (Å²) in [6.45, 7) is 3.43. The van der Waals surface area contributed by atoms with Crippen molar-refractivity contribution in [1.82, 2.24) is 0 Å². The Kier molecular flexibility index (Phi) is 5.26. The fourth-order valence-electron chi connectivity index (χ4n) is 1.64. The van der Waals surface area contributed by atoms with E-state index in [-0.39, 0.29) is 12.2 Å². The number of halogens is 1. The van der Waals surface area contributed by atoms with Crippen LogP contribution in [-0.2, 0) is 9.53 Å². The molecule has 1 rings (SSSR count). The molecule has 1 aromatic carbocycles. The van der Waals surface area contributed by atoms with E-state index >= 15 is 0 Å². The maximum Gasteiger partial charge on any atom is 0.308 e. The smallest absolute Gasteiger partial charge is 0.308 e. The fraction of sp³-hybridized carbons (Fsp3) is 0.462. The Balaban J connectivity index is 2.85. The number of aryl methyl sites for hydroxylation is 1. The maximum absolute atomic E-state index is 13.7. The zero-order valence-corrected chi connectivity index (χ0v) is 10.9. The zero-order chi connectivity index (χ0) is 14.6. The van der Waals surface area contributed by atoms with Crippen LogP contribution in [0.15, 0.2) is 12.1 Å². The number of nitrogen functional groups attached to an aromatic ring is 1. The molecule has 0 aromatic heterocycles. The Morgan fingerprint density at radius 2 is 2.11 bits per heavy atom. The van der Waals surface area contributed by atoms with Gasteiger partial charge in [0.25, 0.3) is 0 Å². The third-order valence-electron chi connectivity index (χ3n) is 2.75. The van der Waals surface area contributed by atoms with E-state index in [4.69, 9.17) is 5.73 Å². The lowest BCUT2D eigenvalue weighted by molar-refractivity contribution is -0.147. The van der Waals surface area contributed by atoms with Crippen molar-refractivity contribution in [2.45, 2.75) is 32.5 Å². The lowest BCUT2D eigenvalue weighted by atomic mass is 9.99. The van der Waals surface area contributed by atoms with Gasteiger partial charge in [-0.25, -0.2) is 4.39 Å². The van der Waals surface area contributed by atoms with Crippen molar-refractivity contribution < 1.29 is 24.1 Å². The number of aliphatic hydroxyl groups is 2. The van der Waals surface area contributed by atoms with Crippen molar-refractivity contribution in [1.29, 1.82) is 0 Å². The number of anilines is 1. The molecule has 6 heteroatoms. The Bertz CT molecular complexity index is 464. The molecule has 2 unspecified atom stereocenters. The normalized spacial score (nSPS) is 13.9. The molecule has 0 fully saturated rings. The zero-order valence-electron chi connectivity index (χ0n) is 10.9. The minimum absolute atomic E-state index is 0.139. The summed E-state index contributed by atoms with van der Waals surface area (Å²) in [5, 5.41) is 19.5. The first-order valence-electron chi connectivity index (χ1n) is 5.94. The van der Waals surface area contributed by atoms with Crippen LogP contribution in [0.4, 0.5) is 10.1 Å². The highest BCUT2D eigenvalue weighted by molar-refractivity contribution is 5.70. The lowest BCUT2D eigenvalue weighted by Gasteiger charge is -2.19. The predicted octanol–water partition coefficient (Wildman–Crippen LogP) is 1.06. The number of carbonyl (C=O) groups excluding carboxylic acids is 1. The Hall–Kier alpha value is -1.66. The number of rotatable bonds is 5. The van der Waals surface area contributed by atoms with Crippen molar-refractivity contribution in [2.24, 2.45) is 0 Å². The molecule has 0 saturated heterocycles. The van der Waals surface area contributed by atoms with Crippen LogP contribution >= 0.6 is 0 Å². The van der Waals surface area contributed by atoms with Crippen molar-refractivity contribution in [2.75, 3.05) is 12.3 Å². The number of hydrogen-bond acceptors (Lipinski definition) is 5. The number of hydrogen-bond donors (Lipinski definition) is 3. The average molecular weight is 271 g/mol. The Labute approximate surface area is 110 Å². The molecular formula is C13H18FNO4. The third kappa shape index (κ3) is 3.90. The molecule has 4 N–H and O–H groups in total. The molecule has 106 valence electrons. The number of aliphatic hydroxyl groups excluding tert-OH is 2. The lowest BCUT2D eigenvalue weighted by Crippen LogP contribution is -2.24. The Morgan fingerprint density at radius 1 is 1.47 bits per heavy atom. The monoisotopic (exact) mass is 271 g/mol. The third-order valence-corrected chi connectivity index (χ3v) is 2.75. The Morgan fingerprint density at radius 3 is 2.68 bits per heavy atom. The van der Waals surface area contributed by atoms with E-state index in [1.807, 2.05) is 0 Å². The van der Waals surface area contributed by atoms with Crippen LogP contribution in [0.25, 0.3) is 0 Å². The highest BCUT2D eigenvalue weighted by Crippen LogP contribution is 2.26. The van der Waals surface area contributed by atoms with E-state index < -0.39 is 30.4 Å². The summed E-state index contributed by atoms with van der Waals surface area (Å²) in [4.78, 5) is 11.2. The molecule has 0 bridgehead atoms. The predicted molar refractivity (Wildman–Crippen MR) is 67.8 cm³/mol. The molecule has 5 nitrogen and oxygen atoms in total. The molecule has 0 aliphatic carbocycles. The topological polar surface area (TPSA) is 92.8 Å². The summed E-state index contributed by atoms with van der Waals surface area (Å²) in [7, 11) is 0. The number of benzene rings is 1. The second kappa shape index (κ2) is 6.49. The van der Waals surface area contributed by atoms with E-state index in [0.717, 1.165) is 0 Å². The first-order valence-corrected chi connectivity index (χ1v) is 5.94. The second-order valence-electron chi connectivity index (χ2n) is 4.25. The molecule has 0 radical (unpaired) electrons. The highest BCUT2D eigenvalue weighted by Gasteiger charge is 2.25. The van der Waals surface area contributed by atoms with Crippen molar-refractivity contribution in [3.8, 4) is 0 Å². The standard InChI is InChI=1S/C13H18FNO4/c1-3-19-12(17)6-11(16)13(18)8-5-10(15)7(2)4-9(8)14/h4-5,11,13,16,18H,3,6,15H2,1-2H3. The van der Waals surface area contributed by atoms with Gasteiger partial charge in [0.05, 0.1) is 19.1 Å². The van der Waals surface area contributed by atoms with Gasteiger partial charge in [-0.1, -0.05) is 0 Å². The summed E-state index contributed by atoms with van der Waals surface area (Å²) in [5.74, 6) is -1.34. The van der Waals surface area contributed by atoms with Crippen molar-refractivity contribution >= 4 is 11.7 Å². The van der Waals surface area contributed by atoms with Crippen molar-refractivity contribution in [3.05, 3.63) is 29.1 Å². The minimum Gasteiger partial charge on any atom is -0.466 e. The quantitative estimate of drug-likeness (QED) is 0.550. The highest BCUT2D eigenvalue weighted by atomic mass is 19.1. The molecule has 0 spiro atoms. The molecule has 0 heterocycles. The summed E-state index contributed by atoms with van der Waals surface area (Å²) in [5.41, 5.74) is 6.33. The summed E-state index contributed by atoms with van der Waals surface area (Å²) < 4.78 is 18.3. The minimum atomic E-state index is -1.53. The van der Waals surface area contributed by atoms with Gasteiger partial charge in [0.1, 0.15) is 11.9 Å². The summed E-state index contributed by atoms with van der Waals surface area (Å²) >= 11 is 0. The van der Waals surface area contributed by atoms with Gasteiger partial charge >= 0.3 is 5.97 Å². The molecule has 0 saturated carbocycles. The number of nitrogens with two attached hydrogens (primary N) is 1. The van der Waals surface area contributed by atoms with Gasteiger partial charge in [0.15, 0.2) is 0 Å². The molecule has 0 aliphatic heterocycles. The van der Waals surface area contributed by atoms with Crippen molar-refractivity contribution in [3.63, 3.8) is 0 Å².